The van der Waals surface area contributed by atoms with Crippen LogP contribution >= 0.6 is 0 Å². The number of nitrogens with one attached hydrogen (secondary N) is 1. The Morgan fingerprint density at radius 3 is 2.55 bits per heavy atom. The van der Waals surface area contributed by atoms with E-state index in [4.69, 9.17) is 5.73 Å². The molecule has 1 aromatic heterocycles. The van der Waals surface area contributed by atoms with Crippen molar-refractivity contribution in [3.8, 4) is 0 Å². The van der Waals surface area contributed by atoms with E-state index in [1.807, 2.05) is 13.1 Å². The molecule has 0 spiro atoms. The van der Waals surface area contributed by atoms with Crippen molar-refractivity contribution in [2.75, 3.05) is 18.5 Å². The molecule has 0 unspecified atom stereocenters. The Morgan fingerprint density at radius 2 is 2.05 bits per heavy atom. The van der Waals surface area contributed by atoms with Crippen molar-refractivity contribution in [2.24, 2.45) is 5.73 Å². The van der Waals surface area contributed by atoms with Crippen LogP contribution in [0, 0.1) is 0 Å². The fourth-order valence-corrected chi connectivity index (χ4v) is 2.79. The summed E-state index contributed by atoms with van der Waals surface area (Å²) < 4.78 is 0. The van der Waals surface area contributed by atoms with Crippen molar-refractivity contribution in [3.05, 3.63) is 17.8 Å². The van der Waals surface area contributed by atoms with E-state index in [0.29, 0.717) is 12.1 Å². The molecule has 1 saturated carbocycles. The highest BCUT2D eigenvalue weighted by molar-refractivity contribution is 5.90. The van der Waals surface area contributed by atoms with E-state index >= 15 is 0 Å². The second-order valence-corrected chi connectivity index (χ2v) is 5.32. The maximum Gasteiger partial charge on any atom is 0.269 e. The largest absolute Gasteiger partial charge is 0.364 e. The van der Waals surface area contributed by atoms with Crippen LogP contribution in [-0.4, -0.2) is 41.8 Å². The minimum Gasteiger partial charge on any atom is -0.364 e. The molecule has 1 aliphatic carbocycles. The van der Waals surface area contributed by atoms with Crippen LogP contribution in [0.1, 0.15) is 43.1 Å². The highest BCUT2D eigenvalue weighted by Crippen LogP contribution is 2.25. The lowest BCUT2D eigenvalue weighted by Crippen LogP contribution is -2.41. The topological polar surface area (TPSA) is 84.1 Å². The highest BCUT2D eigenvalue weighted by atomic mass is 16.1. The van der Waals surface area contributed by atoms with Crippen LogP contribution in [0.3, 0.4) is 0 Å². The predicted octanol–water partition coefficient (Wildman–Crippen LogP) is 0.932. The summed E-state index contributed by atoms with van der Waals surface area (Å²) in [6.07, 6.45) is 4.67. The number of anilines is 1. The second kappa shape index (κ2) is 6.65. The van der Waals surface area contributed by atoms with Gasteiger partial charge in [0, 0.05) is 19.1 Å². The van der Waals surface area contributed by atoms with Gasteiger partial charge in [0.1, 0.15) is 0 Å². The van der Waals surface area contributed by atoms with Gasteiger partial charge in [0.15, 0.2) is 11.5 Å². The first-order valence-corrected chi connectivity index (χ1v) is 7.21. The third-order valence-electron chi connectivity index (χ3n) is 4.00. The molecule has 0 aromatic carbocycles. The molecule has 0 saturated heterocycles. The SMILES string of the molecule is CCNC1CCC(N(C)c2ccc(C(N)=O)nn2)CC1. The Morgan fingerprint density at radius 1 is 1.35 bits per heavy atom. The standard InChI is InChI=1S/C14H23N5O/c1-3-16-10-4-6-11(7-5-10)19(2)13-9-8-12(14(15)20)17-18-13/h8-11,16H,3-7H2,1-2H3,(H2,15,20). The summed E-state index contributed by atoms with van der Waals surface area (Å²) >= 11 is 0. The maximum absolute atomic E-state index is 11.0. The lowest BCUT2D eigenvalue weighted by Gasteiger charge is -2.35. The number of primary amides is 1. The van der Waals surface area contributed by atoms with Gasteiger partial charge in [-0.3, -0.25) is 4.79 Å². The molecule has 1 aromatic rings. The summed E-state index contributed by atoms with van der Waals surface area (Å²) in [5.41, 5.74) is 5.37. The Labute approximate surface area is 119 Å². The number of aromatic nitrogens is 2. The predicted molar refractivity (Wildman–Crippen MR) is 78.7 cm³/mol. The number of rotatable bonds is 5. The molecule has 6 heteroatoms. The van der Waals surface area contributed by atoms with E-state index in [2.05, 4.69) is 27.3 Å². The van der Waals surface area contributed by atoms with Crippen LogP contribution in [0.2, 0.25) is 0 Å². The minimum absolute atomic E-state index is 0.206. The van der Waals surface area contributed by atoms with Crippen molar-refractivity contribution < 1.29 is 4.79 Å². The Hall–Kier alpha value is -1.69. The molecule has 0 aliphatic heterocycles. The van der Waals surface area contributed by atoms with Gasteiger partial charge in [-0.2, -0.15) is 0 Å². The van der Waals surface area contributed by atoms with Crippen LogP contribution in [-0.2, 0) is 0 Å². The fraction of sp³-hybridized carbons (Fsp3) is 0.643. The molecular formula is C14H23N5O. The third kappa shape index (κ3) is 3.45. The summed E-state index contributed by atoms with van der Waals surface area (Å²) in [7, 11) is 2.03. The second-order valence-electron chi connectivity index (χ2n) is 5.32. The summed E-state index contributed by atoms with van der Waals surface area (Å²) in [5.74, 6) is 0.250. The normalized spacial score (nSPS) is 22.5. The van der Waals surface area contributed by atoms with E-state index in [9.17, 15) is 4.79 Å². The van der Waals surface area contributed by atoms with Gasteiger partial charge < -0.3 is 16.0 Å². The fourth-order valence-electron chi connectivity index (χ4n) is 2.79. The lowest BCUT2D eigenvalue weighted by molar-refractivity contribution is 0.0994. The number of carbonyl (C=O) groups is 1. The number of hydrogen-bond donors (Lipinski definition) is 2. The van der Waals surface area contributed by atoms with E-state index in [0.717, 1.165) is 25.2 Å². The number of hydrogen-bond acceptors (Lipinski definition) is 5. The Balaban J connectivity index is 1.94. The average Bonchev–Trinajstić information content (AvgIpc) is 2.48. The van der Waals surface area contributed by atoms with Crippen molar-refractivity contribution in [1.82, 2.24) is 15.5 Å². The van der Waals surface area contributed by atoms with Gasteiger partial charge >= 0.3 is 0 Å². The molecule has 2 rings (SSSR count). The zero-order valence-electron chi connectivity index (χ0n) is 12.2. The Bertz CT molecular complexity index is 439. The summed E-state index contributed by atoms with van der Waals surface area (Å²) in [6.45, 7) is 3.18. The van der Waals surface area contributed by atoms with Gasteiger partial charge in [0.05, 0.1) is 0 Å². The molecule has 0 bridgehead atoms. The number of nitrogens with two attached hydrogens (primary N) is 1. The molecule has 1 fully saturated rings. The maximum atomic E-state index is 11.0. The van der Waals surface area contributed by atoms with Crippen LogP contribution in [0.25, 0.3) is 0 Å². The molecule has 1 aliphatic rings. The van der Waals surface area contributed by atoms with Gasteiger partial charge in [-0.15, -0.1) is 10.2 Å². The van der Waals surface area contributed by atoms with Crippen molar-refractivity contribution >= 4 is 11.7 Å². The molecule has 3 N–H and O–H groups in total. The minimum atomic E-state index is -0.544. The van der Waals surface area contributed by atoms with Gasteiger partial charge in [0.25, 0.3) is 5.91 Å². The number of nitrogens with zero attached hydrogens (tertiary/aromatic N) is 3. The quantitative estimate of drug-likeness (QED) is 0.836. The molecule has 6 nitrogen and oxygen atoms in total. The van der Waals surface area contributed by atoms with Crippen LogP contribution in [0.15, 0.2) is 12.1 Å². The first-order valence-electron chi connectivity index (χ1n) is 7.21. The van der Waals surface area contributed by atoms with Crippen molar-refractivity contribution in [1.29, 1.82) is 0 Å². The molecule has 110 valence electrons. The van der Waals surface area contributed by atoms with Crippen LogP contribution in [0.5, 0.6) is 0 Å². The third-order valence-corrected chi connectivity index (χ3v) is 4.00. The Kier molecular flexibility index (Phi) is 4.89. The van der Waals surface area contributed by atoms with Crippen LogP contribution < -0.4 is 16.0 Å². The molecule has 1 heterocycles. The smallest absolute Gasteiger partial charge is 0.269 e. The van der Waals surface area contributed by atoms with E-state index in [1.54, 1.807) is 6.07 Å². The highest BCUT2D eigenvalue weighted by Gasteiger charge is 2.24. The monoisotopic (exact) mass is 277 g/mol. The van der Waals surface area contributed by atoms with E-state index in [-0.39, 0.29) is 5.69 Å². The molecular weight excluding hydrogens is 254 g/mol. The first kappa shape index (κ1) is 14.7. The average molecular weight is 277 g/mol. The van der Waals surface area contributed by atoms with Crippen LogP contribution in [0.4, 0.5) is 5.82 Å². The zero-order valence-corrected chi connectivity index (χ0v) is 12.2. The van der Waals surface area contributed by atoms with Gasteiger partial charge in [-0.05, 0) is 44.4 Å². The molecule has 0 radical (unpaired) electrons. The van der Waals surface area contributed by atoms with Crippen molar-refractivity contribution in [2.45, 2.75) is 44.7 Å². The molecule has 1 amide bonds. The van der Waals surface area contributed by atoms with E-state index < -0.39 is 5.91 Å². The number of amides is 1. The molecule has 0 atom stereocenters. The van der Waals surface area contributed by atoms with E-state index in [1.165, 1.54) is 12.8 Å². The zero-order chi connectivity index (χ0) is 14.5. The number of carbonyl (C=O) groups excluding carboxylic acids is 1. The summed E-state index contributed by atoms with van der Waals surface area (Å²) in [5, 5.41) is 11.5. The first-order chi connectivity index (χ1) is 9.61. The van der Waals surface area contributed by atoms with Gasteiger partial charge in [0.2, 0.25) is 0 Å². The van der Waals surface area contributed by atoms with Crippen molar-refractivity contribution in [3.63, 3.8) is 0 Å². The summed E-state index contributed by atoms with van der Waals surface area (Å²) in [6, 6.07) is 4.57. The lowest BCUT2D eigenvalue weighted by atomic mass is 9.90. The molecule has 20 heavy (non-hydrogen) atoms. The van der Waals surface area contributed by atoms with Gasteiger partial charge in [-0.1, -0.05) is 6.92 Å². The summed E-state index contributed by atoms with van der Waals surface area (Å²) in [4.78, 5) is 13.1. The van der Waals surface area contributed by atoms with Gasteiger partial charge in [-0.25, -0.2) is 0 Å².